The first-order chi connectivity index (χ1) is 12.2. The van der Waals surface area contributed by atoms with E-state index in [4.69, 9.17) is 5.26 Å². The third-order valence-corrected chi connectivity index (χ3v) is 4.33. The van der Waals surface area contributed by atoms with Crippen LogP contribution >= 0.6 is 0 Å². The van der Waals surface area contributed by atoms with Gasteiger partial charge in [0, 0.05) is 24.7 Å². The van der Waals surface area contributed by atoms with Gasteiger partial charge in [-0.3, -0.25) is 4.79 Å². The number of hydrogen-bond donors (Lipinski definition) is 3. The van der Waals surface area contributed by atoms with Gasteiger partial charge in [0.1, 0.15) is 0 Å². The summed E-state index contributed by atoms with van der Waals surface area (Å²) in [7, 11) is 0. The summed E-state index contributed by atoms with van der Waals surface area (Å²) in [5, 5.41) is 17.2. The summed E-state index contributed by atoms with van der Waals surface area (Å²) in [4.78, 5) is 23.7. The molecule has 0 aromatic heterocycles. The highest BCUT2D eigenvalue weighted by Gasteiger charge is 2.15. The minimum atomic E-state index is -0.139. The predicted molar refractivity (Wildman–Crippen MR) is 97.0 cm³/mol. The van der Waals surface area contributed by atoms with E-state index in [1.165, 1.54) is 19.3 Å². The normalized spacial score (nSPS) is 14.4. The van der Waals surface area contributed by atoms with Gasteiger partial charge in [-0.2, -0.15) is 5.26 Å². The van der Waals surface area contributed by atoms with Crippen LogP contribution in [0.25, 0.3) is 0 Å². The molecule has 0 aliphatic heterocycles. The molecule has 0 bridgehead atoms. The molecule has 6 nitrogen and oxygen atoms in total. The molecule has 1 aliphatic rings. The molecule has 1 aromatic carbocycles. The van der Waals surface area contributed by atoms with Crippen molar-refractivity contribution in [2.75, 3.05) is 11.9 Å². The molecule has 1 saturated carbocycles. The maximum absolute atomic E-state index is 11.9. The van der Waals surface area contributed by atoms with Crippen molar-refractivity contribution in [1.29, 1.82) is 5.26 Å². The Bertz CT molecular complexity index is 601. The molecule has 1 fully saturated rings. The van der Waals surface area contributed by atoms with Crippen LogP contribution in [0.5, 0.6) is 0 Å². The highest BCUT2D eigenvalue weighted by Crippen LogP contribution is 2.17. The summed E-state index contributed by atoms with van der Waals surface area (Å²) in [5.41, 5.74) is 1.64. The average molecular weight is 342 g/mol. The van der Waals surface area contributed by atoms with Crippen LogP contribution in [0.15, 0.2) is 24.3 Å². The van der Waals surface area contributed by atoms with E-state index in [2.05, 4.69) is 22.0 Å². The molecule has 25 heavy (non-hydrogen) atoms. The van der Waals surface area contributed by atoms with Gasteiger partial charge in [0.2, 0.25) is 5.91 Å². The zero-order valence-electron chi connectivity index (χ0n) is 14.5. The smallest absolute Gasteiger partial charge is 0.315 e. The largest absolute Gasteiger partial charge is 0.338 e. The Morgan fingerprint density at radius 2 is 1.84 bits per heavy atom. The quantitative estimate of drug-likeness (QED) is 0.665. The first-order valence-corrected chi connectivity index (χ1v) is 8.97. The maximum atomic E-state index is 11.9. The van der Waals surface area contributed by atoms with Gasteiger partial charge in [0.15, 0.2) is 0 Å². The molecule has 0 saturated heterocycles. The van der Waals surface area contributed by atoms with Crippen molar-refractivity contribution >= 4 is 17.6 Å². The first kappa shape index (κ1) is 18.8. The molecule has 1 aromatic rings. The Morgan fingerprint density at radius 1 is 1.12 bits per heavy atom. The Morgan fingerprint density at radius 3 is 2.52 bits per heavy atom. The zero-order chi connectivity index (χ0) is 17.9. The summed E-state index contributed by atoms with van der Waals surface area (Å²) >= 11 is 0. The zero-order valence-corrected chi connectivity index (χ0v) is 14.5. The minimum absolute atomic E-state index is 0.0810. The molecule has 3 N–H and O–H groups in total. The number of anilines is 1. The van der Waals surface area contributed by atoms with Gasteiger partial charge >= 0.3 is 6.03 Å². The maximum Gasteiger partial charge on any atom is 0.315 e. The summed E-state index contributed by atoms with van der Waals surface area (Å²) in [6.45, 7) is 0.479. The molecule has 3 amide bonds. The van der Waals surface area contributed by atoms with E-state index in [-0.39, 0.29) is 11.9 Å². The Hall–Kier alpha value is -2.55. The van der Waals surface area contributed by atoms with Gasteiger partial charge in [0.05, 0.1) is 12.5 Å². The molecule has 0 unspecified atom stereocenters. The number of carbonyl (C=O) groups is 2. The number of nitriles is 1. The van der Waals surface area contributed by atoms with E-state index in [0.29, 0.717) is 31.8 Å². The van der Waals surface area contributed by atoms with Gasteiger partial charge in [-0.1, -0.05) is 31.4 Å². The second-order valence-electron chi connectivity index (χ2n) is 6.42. The molecule has 0 radical (unpaired) electrons. The summed E-state index contributed by atoms with van der Waals surface area (Å²) in [6.07, 6.45) is 7.05. The van der Waals surface area contributed by atoms with Gasteiger partial charge in [-0.25, -0.2) is 4.79 Å². The van der Waals surface area contributed by atoms with Crippen molar-refractivity contribution in [3.05, 3.63) is 29.8 Å². The number of rotatable bonds is 7. The number of carbonyl (C=O) groups excluding carboxylic acids is 2. The molecule has 0 atom stereocenters. The second-order valence-corrected chi connectivity index (χ2v) is 6.42. The van der Waals surface area contributed by atoms with Crippen LogP contribution in [0.1, 0.15) is 50.5 Å². The van der Waals surface area contributed by atoms with Crippen LogP contribution < -0.4 is 16.0 Å². The highest BCUT2D eigenvalue weighted by atomic mass is 16.2. The van der Waals surface area contributed by atoms with E-state index in [1.807, 2.05) is 12.1 Å². The number of hydrogen-bond acceptors (Lipinski definition) is 3. The molecule has 6 heteroatoms. The molecule has 1 aliphatic carbocycles. The van der Waals surface area contributed by atoms with Crippen molar-refractivity contribution in [2.45, 2.75) is 57.4 Å². The van der Waals surface area contributed by atoms with Crippen LogP contribution in [0.4, 0.5) is 10.5 Å². The number of amides is 3. The SMILES string of the molecule is N#CCc1ccc(NC(=O)CCCNC(=O)NC2CCCCC2)cc1. The fourth-order valence-electron chi connectivity index (χ4n) is 2.95. The molecular weight excluding hydrogens is 316 g/mol. The lowest BCUT2D eigenvalue weighted by atomic mass is 9.96. The summed E-state index contributed by atoms with van der Waals surface area (Å²) in [6, 6.07) is 9.48. The van der Waals surface area contributed by atoms with Gasteiger partial charge in [-0.05, 0) is 37.0 Å². The minimum Gasteiger partial charge on any atom is -0.338 e. The fourth-order valence-corrected chi connectivity index (χ4v) is 2.95. The number of urea groups is 1. The molecule has 0 heterocycles. The molecule has 0 spiro atoms. The van der Waals surface area contributed by atoms with E-state index in [1.54, 1.807) is 12.1 Å². The number of nitrogens with zero attached hydrogens (tertiary/aromatic N) is 1. The molecule has 2 rings (SSSR count). The van der Waals surface area contributed by atoms with E-state index in [0.717, 1.165) is 24.1 Å². The first-order valence-electron chi connectivity index (χ1n) is 8.97. The number of benzene rings is 1. The van der Waals surface area contributed by atoms with Crippen molar-refractivity contribution in [3.8, 4) is 6.07 Å². The fraction of sp³-hybridized carbons (Fsp3) is 0.526. The number of nitrogens with one attached hydrogen (secondary N) is 3. The topological polar surface area (TPSA) is 94.0 Å². The van der Waals surface area contributed by atoms with Crippen molar-refractivity contribution in [1.82, 2.24) is 10.6 Å². The Kier molecular flexibility index (Phi) is 7.77. The van der Waals surface area contributed by atoms with Crippen molar-refractivity contribution in [3.63, 3.8) is 0 Å². The van der Waals surface area contributed by atoms with Crippen LogP contribution in [0, 0.1) is 11.3 Å². The third kappa shape index (κ3) is 7.25. The third-order valence-electron chi connectivity index (χ3n) is 4.33. The van der Waals surface area contributed by atoms with Gasteiger partial charge in [0.25, 0.3) is 0 Å². The average Bonchev–Trinajstić information content (AvgIpc) is 2.61. The highest BCUT2D eigenvalue weighted by molar-refractivity contribution is 5.90. The lowest BCUT2D eigenvalue weighted by Gasteiger charge is -2.22. The van der Waals surface area contributed by atoms with Crippen molar-refractivity contribution < 1.29 is 9.59 Å². The lowest BCUT2D eigenvalue weighted by Crippen LogP contribution is -2.43. The van der Waals surface area contributed by atoms with E-state index < -0.39 is 0 Å². The second kappa shape index (κ2) is 10.3. The standard InChI is InChI=1S/C19H26N4O2/c20-13-12-15-8-10-17(11-9-15)22-18(24)7-4-14-21-19(25)23-16-5-2-1-3-6-16/h8-11,16H,1-7,12,14H2,(H,22,24)(H2,21,23,25). The van der Waals surface area contributed by atoms with Crippen LogP contribution in [0.3, 0.4) is 0 Å². The Balaban J connectivity index is 1.58. The van der Waals surface area contributed by atoms with Gasteiger partial charge in [-0.15, -0.1) is 0 Å². The summed E-state index contributed by atoms with van der Waals surface area (Å²) < 4.78 is 0. The monoisotopic (exact) mass is 342 g/mol. The van der Waals surface area contributed by atoms with Crippen LogP contribution in [0.2, 0.25) is 0 Å². The van der Waals surface area contributed by atoms with Crippen LogP contribution in [-0.2, 0) is 11.2 Å². The molecular formula is C19H26N4O2. The predicted octanol–water partition coefficient (Wildman–Crippen LogP) is 3.10. The summed E-state index contributed by atoms with van der Waals surface area (Å²) in [5.74, 6) is -0.0810. The van der Waals surface area contributed by atoms with Gasteiger partial charge < -0.3 is 16.0 Å². The van der Waals surface area contributed by atoms with E-state index in [9.17, 15) is 9.59 Å². The lowest BCUT2D eigenvalue weighted by molar-refractivity contribution is -0.116. The van der Waals surface area contributed by atoms with E-state index >= 15 is 0 Å². The Labute approximate surface area is 149 Å². The van der Waals surface area contributed by atoms with Crippen LogP contribution in [-0.4, -0.2) is 24.5 Å². The molecule has 134 valence electrons. The van der Waals surface area contributed by atoms with Crippen molar-refractivity contribution in [2.24, 2.45) is 0 Å².